The smallest absolute Gasteiger partial charge is 0.203 e. The van der Waals surface area contributed by atoms with Gasteiger partial charge in [-0.25, -0.2) is 4.98 Å². The first-order chi connectivity index (χ1) is 8.14. The summed E-state index contributed by atoms with van der Waals surface area (Å²) >= 11 is 2.04. The number of anilines is 1. The molecule has 0 spiro atoms. The molecule has 0 bridgehead atoms. The van der Waals surface area contributed by atoms with Crippen LogP contribution in [0.2, 0.25) is 0 Å². The van der Waals surface area contributed by atoms with E-state index in [-0.39, 0.29) is 0 Å². The molecule has 1 aliphatic heterocycles. The predicted molar refractivity (Wildman–Crippen MR) is 74.8 cm³/mol. The quantitative estimate of drug-likeness (QED) is 0.841. The summed E-state index contributed by atoms with van der Waals surface area (Å²) in [6.45, 7) is 6.73. The van der Waals surface area contributed by atoms with Crippen LogP contribution in [0.15, 0.2) is 24.3 Å². The Hall–Kier alpha value is -1.16. The molecule has 0 unspecified atom stereocenters. The second-order valence-electron chi connectivity index (χ2n) is 5.11. The van der Waals surface area contributed by atoms with Crippen molar-refractivity contribution in [3.63, 3.8) is 0 Å². The van der Waals surface area contributed by atoms with Gasteiger partial charge >= 0.3 is 0 Å². The third-order valence-corrected chi connectivity index (χ3v) is 4.40. The lowest BCUT2D eigenvalue weighted by Gasteiger charge is -2.37. The summed E-state index contributed by atoms with van der Waals surface area (Å²) in [5.74, 6) is 2.18. The van der Waals surface area contributed by atoms with Gasteiger partial charge < -0.3 is 9.88 Å². The van der Waals surface area contributed by atoms with Crippen LogP contribution in [-0.2, 0) is 0 Å². The van der Waals surface area contributed by atoms with Gasteiger partial charge in [0, 0.05) is 23.6 Å². The molecule has 17 heavy (non-hydrogen) atoms. The van der Waals surface area contributed by atoms with Gasteiger partial charge in [-0.2, -0.15) is 11.8 Å². The van der Waals surface area contributed by atoms with Crippen LogP contribution in [-0.4, -0.2) is 33.6 Å². The van der Waals surface area contributed by atoms with E-state index in [0.717, 1.165) is 30.1 Å². The Balaban J connectivity index is 1.93. The maximum Gasteiger partial charge on any atom is 0.203 e. The van der Waals surface area contributed by atoms with Gasteiger partial charge in [-0.15, -0.1) is 0 Å². The zero-order valence-corrected chi connectivity index (χ0v) is 11.0. The van der Waals surface area contributed by atoms with E-state index >= 15 is 0 Å². The number of para-hydroxylation sites is 2. The van der Waals surface area contributed by atoms with Crippen LogP contribution in [0.4, 0.5) is 5.95 Å². The summed E-state index contributed by atoms with van der Waals surface area (Å²) < 4.78 is 0.317. The molecule has 3 rings (SSSR count). The van der Waals surface area contributed by atoms with E-state index in [2.05, 4.69) is 40.8 Å². The average molecular weight is 247 g/mol. The van der Waals surface area contributed by atoms with Gasteiger partial charge in [0.25, 0.3) is 0 Å². The second kappa shape index (κ2) is 3.95. The highest BCUT2D eigenvalue weighted by molar-refractivity contribution is 8.00. The molecule has 0 aliphatic carbocycles. The zero-order valence-electron chi connectivity index (χ0n) is 10.2. The summed E-state index contributed by atoms with van der Waals surface area (Å²) in [7, 11) is 0. The number of nitrogens with one attached hydrogen (secondary N) is 1. The summed E-state index contributed by atoms with van der Waals surface area (Å²) in [5.41, 5.74) is 2.18. The van der Waals surface area contributed by atoms with E-state index in [1.807, 2.05) is 23.9 Å². The van der Waals surface area contributed by atoms with Crippen LogP contribution >= 0.6 is 11.8 Å². The van der Waals surface area contributed by atoms with Gasteiger partial charge in [-0.3, -0.25) is 0 Å². The van der Waals surface area contributed by atoms with Crippen molar-refractivity contribution in [2.75, 3.05) is 23.7 Å². The van der Waals surface area contributed by atoms with Gasteiger partial charge in [-0.05, 0) is 26.0 Å². The minimum absolute atomic E-state index is 0.317. The third-order valence-electron chi connectivity index (χ3n) is 3.10. The van der Waals surface area contributed by atoms with Crippen molar-refractivity contribution in [2.45, 2.75) is 18.6 Å². The lowest BCUT2D eigenvalue weighted by molar-refractivity contribution is 0.638. The summed E-state index contributed by atoms with van der Waals surface area (Å²) in [6, 6.07) is 8.21. The Bertz CT molecular complexity index is 499. The first-order valence-corrected chi connectivity index (χ1v) is 6.96. The van der Waals surface area contributed by atoms with Crippen LogP contribution in [0.5, 0.6) is 0 Å². The number of nitrogens with zero attached hydrogens (tertiary/aromatic N) is 2. The van der Waals surface area contributed by atoms with E-state index < -0.39 is 0 Å². The predicted octanol–water partition coefficient (Wildman–Crippen LogP) is 2.89. The van der Waals surface area contributed by atoms with Crippen LogP contribution in [0, 0.1) is 0 Å². The molecule has 0 saturated carbocycles. The number of H-pyrrole nitrogens is 1. The van der Waals surface area contributed by atoms with Crippen molar-refractivity contribution < 1.29 is 0 Å². The average Bonchev–Trinajstić information content (AvgIpc) is 2.71. The Morgan fingerprint density at radius 3 is 2.94 bits per heavy atom. The fraction of sp³-hybridized carbons (Fsp3) is 0.462. The molecule has 1 aromatic heterocycles. The monoisotopic (exact) mass is 247 g/mol. The largest absolute Gasteiger partial charge is 0.340 e. The maximum atomic E-state index is 4.66. The number of benzene rings is 1. The molecule has 0 amide bonds. The third kappa shape index (κ3) is 2.14. The van der Waals surface area contributed by atoms with Crippen LogP contribution in [0.3, 0.4) is 0 Å². The van der Waals surface area contributed by atoms with E-state index in [9.17, 15) is 0 Å². The van der Waals surface area contributed by atoms with Crippen molar-refractivity contribution in [1.29, 1.82) is 0 Å². The molecule has 90 valence electrons. The standard InChI is InChI=1S/C13H17N3S/c1-13(2)9-16(7-8-17-13)12-14-10-5-3-4-6-11(10)15-12/h3-6H,7-9H2,1-2H3,(H,14,15). The number of imidazole rings is 1. The second-order valence-corrected chi connectivity index (χ2v) is 6.91. The molecule has 3 nitrogen and oxygen atoms in total. The van der Waals surface area contributed by atoms with Crippen molar-refractivity contribution in [3.8, 4) is 0 Å². The maximum absolute atomic E-state index is 4.66. The molecule has 2 heterocycles. The van der Waals surface area contributed by atoms with Gasteiger partial charge in [0.15, 0.2) is 0 Å². The number of fused-ring (bicyclic) bond motifs is 1. The summed E-state index contributed by atoms with van der Waals surface area (Å²) in [4.78, 5) is 10.4. The fourth-order valence-corrected chi connectivity index (χ4v) is 3.40. The van der Waals surface area contributed by atoms with E-state index in [1.54, 1.807) is 0 Å². The molecule has 1 fully saturated rings. The van der Waals surface area contributed by atoms with E-state index in [1.165, 1.54) is 5.75 Å². The van der Waals surface area contributed by atoms with Crippen molar-refractivity contribution in [3.05, 3.63) is 24.3 Å². The zero-order chi connectivity index (χ0) is 11.9. The Morgan fingerprint density at radius 2 is 2.18 bits per heavy atom. The van der Waals surface area contributed by atoms with Crippen molar-refractivity contribution in [2.24, 2.45) is 0 Å². The Morgan fingerprint density at radius 1 is 1.35 bits per heavy atom. The molecule has 0 radical (unpaired) electrons. The number of aromatic nitrogens is 2. The molecule has 4 heteroatoms. The normalized spacial score (nSPS) is 19.8. The number of hydrogen-bond acceptors (Lipinski definition) is 3. The molecule has 0 atom stereocenters. The van der Waals surface area contributed by atoms with Crippen LogP contribution < -0.4 is 4.90 Å². The minimum atomic E-state index is 0.317. The first kappa shape index (κ1) is 11.0. The summed E-state index contributed by atoms with van der Waals surface area (Å²) in [5, 5.41) is 0. The number of thioether (sulfide) groups is 1. The molecule has 1 aromatic carbocycles. The molecule has 2 aromatic rings. The molecular weight excluding hydrogens is 230 g/mol. The molecule has 1 saturated heterocycles. The number of aromatic amines is 1. The van der Waals surface area contributed by atoms with Gasteiger partial charge in [-0.1, -0.05) is 12.1 Å². The lowest BCUT2D eigenvalue weighted by atomic mass is 10.2. The molecule has 1 N–H and O–H groups in total. The van der Waals surface area contributed by atoms with Crippen molar-refractivity contribution >= 4 is 28.7 Å². The van der Waals surface area contributed by atoms with E-state index in [0.29, 0.717) is 4.75 Å². The number of hydrogen-bond donors (Lipinski definition) is 1. The van der Waals surface area contributed by atoms with Crippen LogP contribution in [0.1, 0.15) is 13.8 Å². The first-order valence-electron chi connectivity index (χ1n) is 5.98. The van der Waals surface area contributed by atoms with Gasteiger partial charge in [0.05, 0.1) is 11.0 Å². The van der Waals surface area contributed by atoms with Crippen LogP contribution in [0.25, 0.3) is 11.0 Å². The molecule has 1 aliphatic rings. The highest BCUT2D eigenvalue weighted by atomic mass is 32.2. The topological polar surface area (TPSA) is 31.9 Å². The number of rotatable bonds is 1. The van der Waals surface area contributed by atoms with Gasteiger partial charge in [0.2, 0.25) is 5.95 Å². The highest BCUT2D eigenvalue weighted by Crippen LogP contribution is 2.31. The summed E-state index contributed by atoms with van der Waals surface area (Å²) in [6.07, 6.45) is 0. The highest BCUT2D eigenvalue weighted by Gasteiger charge is 2.28. The van der Waals surface area contributed by atoms with Gasteiger partial charge in [0.1, 0.15) is 0 Å². The SMILES string of the molecule is CC1(C)CN(c2nc3ccccc3[nH]2)CCS1. The fourth-order valence-electron chi connectivity index (χ4n) is 2.29. The van der Waals surface area contributed by atoms with Crippen molar-refractivity contribution in [1.82, 2.24) is 9.97 Å². The minimum Gasteiger partial charge on any atom is -0.340 e. The van der Waals surface area contributed by atoms with E-state index in [4.69, 9.17) is 0 Å². The molecular formula is C13H17N3S. The lowest BCUT2D eigenvalue weighted by Crippen LogP contribution is -2.43. The Labute approximate surface area is 106 Å². The Kier molecular flexibility index (Phi) is 2.54.